The molecule has 2 atom stereocenters. The van der Waals surface area contributed by atoms with Crippen molar-refractivity contribution in [2.45, 2.75) is 31.5 Å². The maximum Gasteiger partial charge on any atom is 0.250 e. The van der Waals surface area contributed by atoms with Gasteiger partial charge in [0.15, 0.2) is 9.76 Å². The van der Waals surface area contributed by atoms with Gasteiger partial charge in [-0.3, -0.25) is 4.79 Å². The van der Waals surface area contributed by atoms with Crippen LogP contribution >= 0.6 is 0 Å². The van der Waals surface area contributed by atoms with E-state index in [1.165, 1.54) is 0 Å². The van der Waals surface area contributed by atoms with Crippen LogP contribution < -0.4 is 5.32 Å². The van der Waals surface area contributed by atoms with Gasteiger partial charge in [0.2, 0.25) is 0 Å². The molecule has 1 aromatic rings. The molecular formula is C12H17NO2Si. The van der Waals surface area contributed by atoms with Gasteiger partial charge in [0, 0.05) is 0 Å². The fourth-order valence-electron chi connectivity index (χ4n) is 1.75. The number of nitrogens with one attached hydrogen (secondary N) is 1. The van der Waals surface area contributed by atoms with Gasteiger partial charge in [0.25, 0.3) is 5.91 Å². The Morgan fingerprint density at radius 1 is 1.31 bits per heavy atom. The van der Waals surface area contributed by atoms with Crippen LogP contribution in [0.15, 0.2) is 30.3 Å². The molecule has 1 heterocycles. The number of carbonyl (C=O) groups excluding carboxylic acids is 1. The molecule has 0 unspecified atom stereocenters. The quantitative estimate of drug-likeness (QED) is 0.628. The predicted octanol–water partition coefficient (Wildman–Crippen LogP) is 1.15. The normalized spacial score (nSPS) is 24.8. The van der Waals surface area contributed by atoms with Crippen LogP contribution in [0.2, 0.25) is 5.54 Å². The van der Waals surface area contributed by atoms with E-state index in [0.29, 0.717) is 5.54 Å². The fourth-order valence-corrected chi connectivity index (χ4v) is 2.69. The SMILES string of the molecule is CC(C)[SiH2]O[C@H]1C(=O)N[C@H]1c1ccccc1. The van der Waals surface area contributed by atoms with Crippen LogP contribution in [-0.4, -0.2) is 21.8 Å². The third-order valence-electron chi connectivity index (χ3n) is 2.63. The highest BCUT2D eigenvalue weighted by Crippen LogP contribution is 2.27. The molecule has 1 N–H and O–H groups in total. The van der Waals surface area contributed by atoms with Crippen molar-refractivity contribution in [3.05, 3.63) is 35.9 Å². The highest BCUT2D eigenvalue weighted by atomic mass is 28.2. The van der Waals surface area contributed by atoms with Gasteiger partial charge in [-0.2, -0.15) is 0 Å². The Kier molecular flexibility index (Phi) is 3.41. The van der Waals surface area contributed by atoms with Crippen LogP contribution in [0, 0.1) is 0 Å². The molecular weight excluding hydrogens is 218 g/mol. The zero-order valence-electron chi connectivity index (χ0n) is 9.64. The van der Waals surface area contributed by atoms with Crippen molar-refractivity contribution in [1.29, 1.82) is 0 Å². The van der Waals surface area contributed by atoms with Gasteiger partial charge in [0.1, 0.15) is 6.10 Å². The standard InChI is InChI=1S/C12H17NO2Si/c1-8(2)16-15-11-10(13-12(11)14)9-6-4-3-5-7-9/h3-8,10-11H,16H2,1-2H3,(H,13,14)/t10-,11+/m0/s1. The molecule has 0 spiro atoms. The number of benzene rings is 1. The van der Waals surface area contributed by atoms with Crippen LogP contribution in [0.4, 0.5) is 0 Å². The van der Waals surface area contributed by atoms with Gasteiger partial charge in [-0.1, -0.05) is 44.2 Å². The van der Waals surface area contributed by atoms with Gasteiger partial charge in [-0.15, -0.1) is 0 Å². The van der Waals surface area contributed by atoms with Crippen LogP contribution in [0.5, 0.6) is 0 Å². The first-order valence-electron chi connectivity index (χ1n) is 5.65. The Balaban J connectivity index is 1.99. The van der Waals surface area contributed by atoms with Crippen LogP contribution in [0.25, 0.3) is 0 Å². The van der Waals surface area contributed by atoms with E-state index in [2.05, 4.69) is 19.2 Å². The zero-order chi connectivity index (χ0) is 11.5. The largest absolute Gasteiger partial charge is 0.410 e. The lowest BCUT2D eigenvalue weighted by molar-refractivity contribution is -0.140. The fraction of sp³-hybridized carbons (Fsp3) is 0.417. The molecule has 16 heavy (non-hydrogen) atoms. The Morgan fingerprint density at radius 2 is 2.00 bits per heavy atom. The Morgan fingerprint density at radius 3 is 2.56 bits per heavy atom. The van der Waals surface area contributed by atoms with Crippen molar-refractivity contribution in [2.24, 2.45) is 0 Å². The molecule has 1 fully saturated rings. The smallest absolute Gasteiger partial charge is 0.250 e. The number of carbonyl (C=O) groups is 1. The van der Waals surface area contributed by atoms with E-state index in [4.69, 9.17) is 4.43 Å². The summed E-state index contributed by atoms with van der Waals surface area (Å²) >= 11 is 0. The average Bonchev–Trinajstić information content (AvgIpc) is 2.26. The first-order valence-corrected chi connectivity index (χ1v) is 7.05. The van der Waals surface area contributed by atoms with E-state index in [1.54, 1.807) is 0 Å². The summed E-state index contributed by atoms with van der Waals surface area (Å²) in [6.45, 7) is 4.28. The average molecular weight is 235 g/mol. The number of hydrogen-bond donors (Lipinski definition) is 1. The van der Waals surface area contributed by atoms with E-state index in [-0.39, 0.29) is 18.1 Å². The molecule has 4 heteroatoms. The van der Waals surface area contributed by atoms with Gasteiger partial charge in [0.05, 0.1) is 6.04 Å². The molecule has 1 aliphatic rings. The van der Waals surface area contributed by atoms with E-state index in [0.717, 1.165) is 5.56 Å². The van der Waals surface area contributed by atoms with E-state index in [1.807, 2.05) is 30.3 Å². The lowest BCUT2D eigenvalue weighted by Crippen LogP contribution is -2.57. The Hall–Kier alpha value is -1.13. The second kappa shape index (κ2) is 4.80. The zero-order valence-corrected chi connectivity index (χ0v) is 11.1. The molecule has 1 aromatic carbocycles. The summed E-state index contributed by atoms with van der Waals surface area (Å²) in [5.41, 5.74) is 1.72. The molecule has 1 aliphatic heterocycles. The van der Waals surface area contributed by atoms with E-state index < -0.39 is 9.76 Å². The van der Waals surface area contributed by atoms with E-state index in [9.17, 15) is 4.79 Å². The number of rotatable bonds is 4. The molecule has 2 rings (SSSR count). The highest BCUT2D eigenvalue weighted by molar-refractivity contribution is 6.29. The van der Waals surface area contributed by atoms with Crippen molar-refractivity contribution in [2.75, 3.05) is 0 Å². The van der Waals surface area contributed by atoms with Gasteiger partial charge in [-0.05, 0) is 11.1 Å². The molecule has 0 saturated carbocycles. The molecule has 1 saturated heterocycles. The number of hydrogen-bond acceptors (Lipinski definition) is 2. The Bertz CT molecular complexity index is 367. The monoisotopic (exact) mass is 235 g/mol. The van der Waals surface area contributed by atoms with Gasteiger partial charge < -0.3 is 9.74 Å². The minimum absolute atomic E-state index is 0.0296. The minimum Gasteiger partial charge on any atom is -0.410 e. The molecule has 0 aliphatic carbocycles. The summed E-state index contributed by atoms with van der Waals surface area (Å²) < 4.78 is 5.75. The topological polar surface area (TPSA) is 38.3 Å². The number of β-lactam (4-membered cyclic amide) rings is 1. The third-order valence-corrected chi connectivity index (χ3v) is 3.84. The third kappa shape index (κ3) is 2.33. The summed E-state index contributed by atoms with van der Waals surface area (Å²) in [6.07, 6.45) is -0.253. The lowest BCUT2D eigenvalue weighted by atomic mass is 9.94. The lowest BCUT2D eigenvalue weighted by Gasteiger charge is -2.37. The van der Waals surface area contributed by atoms with Crippen LogP contribution in [0.3, 0.4) is 0 Å². The minimum atomic E-state index is -0.590. The number of amides is 1. The van der Waals surface area contributed by atoms with Crippen LogP contribution in [0.1, 0.15) is 25.5 Å². The summed E-state index contributed by atoms with van der Waals surface area (Å²) in [6, 6.07) is 10.0. The summed E-state index contributed by atoms with van der Waals surface area (Å²) in [5, 5.41) is 2.89. The maximum atomic E-state index is 11.4. The predicted molar refractivity (Wildman–Crippen MR) is 65.8 cm³/mol. The summed E-state index contributed by atoms with van der Waals surface area (Å²) in [7, 11) is -0.590. The van der Waals surface area contributed by atoms with Gasteiger partial charge >= 0.3 is 0 Å². The molecule has 0 bridgehead atoms. The molecule has 1 amide bonds. The van der Waals surface area contributed by atoms with Crippen LogP contribution in [-0.2, 0) is 9.22 Å². The molecule has 0 radical (unpaired) electrons. The second-order valence-corrected chi connectivity index (χ2v) is 6.84. The second-order valence-electron chi connectivity index (χ2n) is 4.54. The van der Waals surface area contributed by atoms with E-state index >= 15 is 0 Å². The van der Waals surface area contributed by atoms with Crippen molar-refractivity contribution < 1.29 is 9.22 Å². The molecule has 0 aromatic heterocycles. The maximum absolute atomic E-state index is 11.4. The van der Waals surface area contributed by atoms with Crippen molar-refractivity contribution in [1.82, 2.24) is 5.32 Å². The van der Waals surface area contributed by atoms with Crippen molar-refractivity contribution in [3.63, 3.8) is 0 Å². The first-order chi connectivity index (χ1) is 7.68. The highest BCUT2D eigenvalue weighted by Gasteiger charge is 2.40. The summed E-state index contributed by atoms with van der Waals surface area (Å²) in [5.74, 6) is 0.0296. The molecule has 3 nitrogen and oxygen atoms in total. The first kappa shape index (κ1) is 11.4. The van der Waals surface area contributed by atoms with Gasteiger partial charge in [-0.25, -0.2) is 0 Å². The molecule has 86 valence electrons. The van der Waals surface area contributed by atoms with Crippen molar-refractivity contribution >= 4 is 15.7 Å². The Labute approximate surface area is 98.1 Å². The summed E-state index contributed by atoms with van der Waals surface area (Å²) in [4.78, 5) is 11.4. The van der Waals surface area contributed by atoms with Crippen molar-refractivity contribution in [3.8, 4) is 0 Å².